The van der Waals surface area contributed by atoms with E-state index in [2.05, 4.69) is 41.2 Å². The minimum atomic E-state index is 0.0366. The van der Waals surface area contributed by atoms with E-state index in [0.29, 0.717) is 18.2 Å². The average molecular weight is 410 g/mol. The monoisotopic (exact) mass is 409 g/mol. The molecule has 5 heteroatoms. The molecule has 1 aromatic carbocycles. The highest BCUT2D eigenvalue weighted by molar-refractivity contribution is 7.13. The summed E-state index contributed by atoms with van der Waals surface area (Å²) < 4.78 is 0. The molecule has 1 aliphatic carbocycles. The molecule has 0 bridgehead atoms. The Morgan fingerprint density at radius 2 is 2.03 bits per heavy atom. The number of amides is 1. The highest BCUT2D eigenvalue weighted by atomic mass is 32.1. The lowest BCUT2D eigenvalue weighted by Gasteiger charge is -2.32. The van der Waals surface area contributed by atoms with Gasteiger partial charge in [0.1, 0.15) is 5.70 Å². The van der Waals surface area contributed by atoms with Crippen molar-refractivity contribution in [2.24, 2.45) is 10.9 Å². The molecule has 1 fully saturated rings. The summed E-state index contributed by atoms with van der Waals surface area (Å²) in [7, 11) is 0. The first-order chi connectivity index (χ1) is 14.0. The molecule has 154 valence electrons. The SMILES string of the molecule is C/C=C(\N=C(C)CC)C(=O)N(Cc1ccc(-c2scnc2C)cc1)CC1CCC1. The Kier molecular flexibility index (Phi) is 7.37. The van der Waals surface area contributed by atoms with Gasteiger partial charge in [-0.1, -0.05) is 43.7 Å². The van der Waals surface area contributed by atoms with E-state index in [4.69, 9.17) is 0 Å². The van der Waals surface area contributed by atoms with Crippen LogP contribution in [0.2, 0.25) is 0 Å². The zero-order valence-corrected chi connectivity index (χ0v) is 18.8. The van der Waals surface area contributed by atoms with Crippen LogP contribution in [0.1, 0.15) is 57.7 Å². The number of carbonyl (C=O) groups is 1. The number of thiazole rings is 1. The fourth-order valence-corrected chi connectivity index (χ4v) is 4.26. The van der Waals surface area contributed by atoms with Gasteiger partial charge in [0, 0.05) is 18.8 Å². The smallest absolute Gasteiger partial charge is 0.272 e. The summed E-state index contributed by atoms with van der Waals surface area (Å²) in [5.41, 5.74) is 6.82. The summed E-state index contributed by atoms with van der Waals surface area (Å²) in [6.07, 6.45) is 6.40. The lowest BCUT2D eigenvalue weighted by Crippen LogP contribution is -2.37. The Labute approximate surface area is 178 Å². The second-order valence-electron chi connectivity index (χ2n) is 7.82. The first-order valence-corrected chi connectivity index (χ1v) is 11.4. The van der Waals surface area contributed by atoms with Crippen molar-refractivity contribution < 1.29 is 4.79 Å². The van der Waals surface area contributed by atoms with Crippen LogP contribution in [-0.4, -0.2) is 28.0 Å². The molecule has 29 heavy (non-hydrogen) atoms. The zero-order chi connectivity index (χ0) is 20.8. The highest BCUT2D eigenvalue weighted by Gasteiger charge is 2.25. The lowest BCUT2D eigenvalue weighted by atomic mass is 9.85. The van der Waals surface area contributed by atoms with Gasteiger partial charge in [0.05, 0.1) is 16.1 Å². The fourth-order valence-electron chi connectivity index (χ4n) is 3.45. The third-order valence-electron chi connectivity index (χ3n) is 5.64. The normalized spacial score (nSPS) is 15.3. The van der Waals surface area contributed by atoms with Crippen LogP contribution < -0.4 is 0 Å². The number of nitrogens with zero attached hydrogens (tertiary/aromatic N) is 3. The number of aromatic nitrogens is 1. The minimum Gasteiger partial charge on any atom is -0.333 e. The average Bonchev–Trinajstić information content (AvgIpc) is 3.13. The Bertz CT molecular complexity index is 891. The molecule has 3 rings (SSSR count). The molecule has 0 atom stereocenters. The molecule has 0 aliphatic heterocycles. The Morgan fingerprint density at radius 3 is 2.55 bits per heavy atom. The summed E-state index contributed by atoms with van der Waals surface area (Å²) in [6.45, 7) is 9.41. The van der Waals surface area contributed by atoms with Crippen molar-refractivity contribution in [2.45, 2.75) is 59.9 Å². The quantitative estimate of drug-likeness (QED) is 0.395. The third-order valence-corrected chi connectivity index (χ3v) is 6.62. The Hall–Kier alpha value is -2.27. The van der Waals surface area contributed by atoms with Crippen LogP contribution in [0.25, 0.3) is 10.4 Å². The van der Waals surface area contributed by atoms with Gasteiger partial charge < -0.3 is 4.90 Å². The van der Waals surface area contributed by atoms with Crippen molar-refractivity contribution in [3.63, 3.8) is 0 Å². The van der Waals surface area contributed by atoms with E-state index in [1.165, 1.54) is 29.7 Å². The van der Waals surface area contributed by atoms with E-state index in [9.17, 15) is 4.79 Å². The standard InChI is InChI=1S/C24H31N3OS/c1-5-17(3)26-22(6-2)24(28)27(14-19-8-7-9-19)15-20-10-12-21(13-11-20)23-18(4)25-16-29-23/h6,10-13,16,19H,5,7-9,14-15H2,1-4H3/b22-6-,26-17?. The van der Waals surface area contributed by atoms with Crippen molar-refractivity contribution in [2.75, 3.05) is 6.54 Å². The van der Waals surface area contributed by atoms with Crippen molar-refractivity contribution in [3.05, 3.63) is 52.8 Å². The van der Waals surface area contributed by atoms with Crippen molar-refractivity contribution in [3.8, 4) is 10.4 Å². The van der Waals surface area contributed by atoms with Crippen LogP contribution in [-0.2, 0) is 11.3 Å². The largest absolute Gasteiger partial charge is 0.333 e. The fraction of sp³-hybridized carbons (Fsp3) is 0.458. The van der Waals surface area contributed by atoms with E-state index in [1.54, 1.807) is 11.3 Å². The van der Waals surface area contributed by atoms with Gasteiger partial charge >= 0.3 is 0 Å². The number of hydrogen-bond donors (Lipinski definition) is 0. The topological polar surface area (TPSA) is 45.6 Å². The van der Waals surface area contributed by atoms with Crippen LogP contribution in [0, 0.1) is 12.8 Å². The van der Waals surface area contributed by atoms with Gasteiger partial charge in [-0.15, -0.1) is 11.3 Å². The molecule has 2 aromatic rings. The molecule has 1 heterocycles. The number of hydrogen-bond acceptors (Lipinski definition) is 4. The van der Waals surface area contributed by atoms with Crippen molar-refractivity contribution in [1.29, 1.82) is 0 Å². The van der Waals surface area contributed by atoms with Gasteiger partial charge in [-0.25, -0.2) is 4.98 Å². The predicted molar refractivity (Wildman–Crippen MR) is 122 cm³/mol. The minimum absolute atomic E-state index is 0.0366. The summed E-state index contributed by atoms with van der Waals surface area (Å²) in [5.74, 6) is 0.655. The molecular weight excluding hydrogens is 378 g/mol. The number of aryl methyl sites for hydroxylation is 1. The molecule has 1 aliphatic rings. The maximum Gasteiger partial charge on any atom is 0.272 e. The van der Waals surface area contributed by atoms with E-state index in [-0.39, 0.29) is 5.91 Å². The molecule has 1 amide bonds. The molecule has 0 unspecified atom stereocenters. The van der Waals surface area contributed by atoms with Crippen LogP contribution in [0.15, 0.2) is 46.5 Å². The molecule has 0 spiro atoms. The van der Waals surface area contributed by atoms with Crippen molar-refractivity contribution >= 4 is 23.0 Å². The second kappa shape index (κ2) is 9.97. The maximum atomic E-state index is 13.2. The number of benzene rings is 1. The zero-order valence-electron chi connectivity index (χ0n) is 17.9. The lowest BCUT2D eigenvalue weighted by molar-refractivity contribution is -0.128. The van der Waals surface area contributed by atoms with Crippen LogP contribution in [0.3, 0.4) is 0 Å². The summed E-state index contributed by atoms with van der Waals surface area (Å²) >= 11 is 1.66. The molecule has 1 aromatic heterocycles. The molecule has 0 radical (unpaired) electrons. The van der Waals surface area contributed by atoms with Crippen molar-refractivity contribution in [1.82, 2.24) is 9.88 Å². The van der Waals surface area contributed by atoms with E-state index in [1.807, 2.05) is 37.3 Å². The molecular formula is C24H31N3OS. The van der Waals surface area contributed by atoms with Gasteiger partial charge in [-0.2, -0.15) is 0 Å². The summed E-state index contributed by atoms with van der Waals surface area (Å²) in [5, 5.41) is 0. The summed E-state index contributed by atoms with van der Waals surface area (Å²) in [6, 6.07) is 8.53. The number of aliphatic imine (C=N–C) groups is 1. The summed E-state index contributed by atoms with van der Waals surface area (Å²) in [4.78, 5) is 25.3. The van der Waals surface area contributed by atoms with E-state index < -0.39 is 0 Å². The van der Waals surface area contributed by atoms with Crippen LogP contribution >= 0.6 is 11.3 Å². The van der Waals surface area contributed by atoms with Crippen LogP contribution in [0.5, 0.6) is 0 Å². The van der Waals surface area contributed by atoms with Gasteiger partial charge in [-0.3, -0.25) is 9.79 Å². The second-order valence-corrected chi connectivity index (χ2v) is 8.68. The highest BCUT2D eigenvalue weighted by Crippen LogP contribution is 2.30. The first-order valence-electron chi connectivity index (χ1n) is 10.5. The number of rotatable bonds is 8. The Balaban J connectivity index is 1.78. The molecule has 0 N–H and O–H groups in total. The molecule has 0 saturated heterocycles. The van der Waals surface area contributed by atoms with E-state index in [0.717, 1.165) is 29.9 Å². The van der Waals surface area contributed by atoms with E-state index >= 15 is 0 Å². The first kappa shape index (κ1) is 21.4. The predicted octanol–water partition coefficient (Wildman–Crippen LogP) is 6.02. The Morgan fingerprint density at radius 1 is 1.31 bits per heavy atom. The van der Waals surface area contributed by atoms with Gasteiger partial charge in [-0.05, 0) is 57.1 Å². The number of allylic oxidation sites excluding steroid dienone is 1. The molecule has 4 nitrogen and oxygen atoms in total. The van der Waals surface area contributed by atoms with Crippen LogP contribution in [0.4, 0.5) is 0 Å². The third kappa shape index (κ3) is 5.41. The van der Waals surface area contributed by atoms with Gasteiger partial charge in [0.2, 0.25) is 0 Å². The molecule has 1 saturated carbocycles. The maximum absolute atomic E-state index is 13.2. The van der Waals surface area contributed by atoms with Gasteiger partial charge in [0.25, 0.3) is 5.91 Å². The van der Waals surface area contributed by atoms with Gasteiger partial charge in [0.15, 0.2) is 0 Å². The number of carbonyl (C=O) groups excluding carboxylic acids is 1.